The lowest BCUT2D eigenvalue weighted by Crippen LogP contribution is -2.29. The van der Waals surface area contributed by atoms with Crippen molar-refractivity contribution >= 4 is 46.1 Å². The van der Waals surface area contributed by atoms with Crippen molar-refractivity contribution < 1.29 is 9.59 Å². The Bertz CT molecular complexity index is 943. The Morgan fingerprint density at radius 2 is 1.71 bits per heavy atom. The quantitative estimate of drug-likeness (QED) is 0.589. The minimum atomic E-state index is -0.144. The molecule has 28 heavy (non-hydrogen) atoms. The number of anilines is 2. The lowest BCUT2D eigenvalue weighted by molar-refractivity contribution is -0.117. The maximum absolute atomic E-state index is 12.3. The van der Waals surface area contributed by atoms with E-state index in [-0.39, 0.29) is 18.4 Å². The molecule has 0 atom stereocenters. The molecule has 0 bridgehead atoms. The summed E-state index contributed by atoms with van der Waals surface area (Å²) in [6, 6.07) is 18.2. The highest BCUT2D eigenvalue weighted by Crippen LogP contribution is 2.17. The summed E-state index contributed by atoms with van der Waals surface area (Å²) in [6.07, 6.45) is 0. The molecule has 2 amide bonds. The van der Waals surface area contributed by atoms with E-state index in [4.69, 9.17) is 11.6 Å². The minimum Gasteiger partial charge on any atom is -0.325 e. The van der Waals surface area contributed by atoms with E-state index in [1.807, 2.05) is 47.7 Å². The highest BCUT2D eigenvalue weighted by atomic mass is 35.5. The number of nitrogens with one attached hydrogen (secondary N) is 2. The number of halogens is 1. The van der Waals surface area contributed by atoms with Gasteiger partial charge in [-0.15, -0.1) is 11.3 Å². The molecule has 5 nitrogen and oxygen atoms in total. The number of hydrogen-bond acceptors (Lipinski definition) is 4. The molecular weight excluding hydrogens is 394 g/mol. The zero-order valence-electron chi connectivity index (χ0n) is 15.3. The van der Waals surface area contributed by atoms with Crippen LogP contribution in [0.3, 0.4) is 0 Å². The van der Waals surface area contributed by atoms with Crippen molar-refractivity contribution in [2.45, 2.75) is 6.54 Å². The number of likely N-dealkylation sites (N-methyl/N-ethyl adjacent to an activating group) is 1. The molecule has 3 aromatic rings. The predicted octanol–water partition coefficient (Wildman–Crippen LogP) is 4.72. The van der Waals surface area contributed by atoms with Crippen molar-refractivity contribution in [2.75, 3.05) is 24.2 Å². The van der Waals surface area contributed by atoms with Crippen LogP contribution in [-0.4, -0.2) is 30.3 Å². The molecule has 0 aliphatic heterocycles. The van der Waals surface area contributed by atoms with Gasteiger partial charge in [-0.2, -0.15) is 0 Å². The van der Waals surface area contributed by atoms with Crippen LogP contribution >= 0.6 is 22.9 Å². The molecule has 0 spiro atoms. The van der Waals surface area contributed by atoms with Crippen molar-refractivity contribution in [3.05, 3.63) is 81.5 Å². The second-order valence-electron chi connectivity index (χ2n) is 6.36. The topological polar surface area (TPSA) is 61.4 Å². The number of hydrogen-bond donors (Lipinski definition) is 2. The summed E-state index contributed by atoms with van der Waals surface area (Å²) in [5.41, 5.74) is 2.40. The van der Waals surface area contributed by atoms with Gasteiger partial charge in [-0.1, -0.05) is 29.8 Å². The molecule has 0 saturated carbocycles. The lowest BCUT2D eigenvalue weighted by Gasteiger charge is -2.16. The van der Waals surface area contributed by atoms with E-state index in [0.29, 0.717) is 27.8 Å². The third kappa shape index (κ3) is 5.92. The van der Waals surface area contributed by atoms with Gasteiger partial charge in [0.2, 0.25) is 5.91 Å². The molecule has 1 aromatic heterocycles. The van der Waals surface area contributed by atoms with Crippen LogP contribution in [0.2, 0.25) is 5.02 Å². The van der Waals surface area contributed by atoms with E-state index in [1.54, 1.807) is 30.3 Å². The average molecular weight is 414 g/mol. The zero-order chi connectivity index (χ0) is 19.9. The summed E-state index contributed by atoms with van der Waals surface area (Å²) in [5.74, 6) is -0.255. The predicted molar refractivity (Wildman–Crippen MR) is 115 cm³/mol. The number of carbonyl (C=O) groups is 2. The fraction of sp³-hybridized carbons (Fsp3) is 0.143. The van der Waals surface area contributed by atoms with Crippen LogP contribution in [0.4, 0.5) is 11.4 Å². The van der Waals surface area contributed by atoms with Crippen molar-refractivity contribution in [3.63, 3.8) is 0 Å². The maximum Gasteiger partial charge on any atom is 0.265 e. The van der Waals surface area contributed by atoms with Gasteiger partial charge in [-0.25, -0.2) is 0 Å². The number of carbonyl (C=O) groups excluding carboxylic acids is 2. The van der Waals surface area contributed by atoms with Gasteiger partial charge in [-0.05, 0) is 60.5 Å². The zero-order valence-corrected chi connectivity index (χ0v) is 16.9. The standard InChI is InChI=1S/C21H20ClN3O2S/c1-25(13-15-4-2-5-16(22)12-15)14-20(26)23-17-7-9-18(10-8-17)24-21(27)19-6-3-11-28-19/h2-12H,13-14H2,1H3,(H,23,26)(H,24,27). The molecule has 144 valence electrons. The molecule has 0 aliphatic rings. The third-order valence-electron chi connectivity index (χ3n) is 3.93. The van der Waals surface area contributed by atoms with Gasteiger partial charge < -0.3 is 10.6 Å². The molecule has 2 N–H and O–H groups in total. The molecule has 3 rings (SSSR count). The van der Waals surface area contributed by atoms with Crippen LogP contribution in [0.15, 0.2) is 66.0 Å². The number of rotatable bonds is 7. The van der Waals surface area contributed by atoms with Gasteiger partial charge in [-0.3, -0.25) is 14.5 Å². The highest BCUT2D eigenvalue weighted by molar-refractivity contribution is 7.12. The van der Waals surface area contributed by atoms with E-state index >= 15 is 0 Å². The number of thiophene rings is 1. The first-order valence-corrected chi connectivity index (χ1v) is 9.93. The van der Waals surface area contributed by atoms with E-state index in [1.165, 1.54) is 11.3 Å². The van der Waals surface area contributed by atoms with Crippen LogP contribution in [0, 0.1) is 0 Å². The first kappa shape index (κ1) is 20.1. The molecule has 1 heterocycles. The van der Waals surface area contributed by atoms with Crippen LogP contribution < -0.4 is 10.6 Å². The molecule has 0 saturated heterocycles. The van der Waals surface area contributed by atoms with Crippen LogP contribution in [-0.2, 0) is 11.3 Å². The second-order valence-corrected chi connectivity index (χ2v) is 7.74. The first-order valence-electron chi connectivity index (χ1n) is 8.67. The highest BCUT2D eigenvalue weighted by Gasteiger charge is 2.09. The van der Waals surface area contributed by atoms with Gasteiger partial charge in [0.15, 0.2) is 0 Å². The first-order chi connectivity index (χ1) is 13.5. The normalized spacial score (nSPS) is 10.7. The minimum absolute atomic E-state index is 0.111. The molecular formula is C21H20ClN3O2S. The van der Waals surface area contributed by atoms with Gasteiger partial charge in [0.25, 0.3) is 5.91 Å². The molecule has 0 fully saturated rings. The van der Waals surface area contributed by atoms with Crippen LogP contribution in [0.25, 0.3) is 0 Å². The molecule has 0 radical (unpaired) electrons. The Balaban J connectivity index is 1.49. The lowest BCUT2D eigenvalue weighted by atomic mass is 10.2. The SMILES string of the molecule is CN(CC(=O)Nc1ccc(NC(=O)c2cccs2)cc1)Cc1cccc(Cl)c1. The maximum atomic E-state index is 12.3. The number of nitrogens with zero attached hydrogens (tertiary/aromatic N) is 1. The summed E-state index contributed by atoms with van der Waals surface area (Å²) < 4.78 is 0. The summed E-state index contributed by atoms with van der Waals surface area (Å²) in [5, 5.41) is 8.23. The summed E-state index contributed by atoms with van der Waals surface area (Å²) in [4.78, 5) is 26.9. The Hall–Kier alpha value is -2.67. The number of benzene rings is 2. The Kier molecular flexibility index (Phi) is 6.81. The Morgan fingerprint density at radius 1 is 1.00 bits per heavy atom. The van der Waals surface area contributed by atoms with Gasteiger partial charge >= 0.3 is 0 Å². The number of amides is 2. The summed E-state index contributed by atoms with van der Waals surface area (Å²) in [7, 11) is 1.88. The van der Waals surface area contributed by atoms with Crippen molar-refractivity contribution in [1.82, 2.24) is 4.90 Å². The molecule has 2 aromatic carbocycles. The monoisotopic (exact) mass is 413 g/mol. The molecule has 0 aliphatic carbocycles. The van der Waals surface area contributed by atoms with Gasteiger partial charge in [0, 0.05) is 22.9 Å². The van der Waals surface area contributed by atoms with E-state index < -0.39 is 0 Å². The van der Waals surface area contributed by atoms with Gasteiger partial charge in [0.05, 0.1) is 11.4 Å². The van der Waals surface area contributed by atoms with Crippen molar-refractivity contribution in [3.8, 4) is 0 Å². The smallest absolute Gasteiger partial charge is 0.265 e. The molecule has 7 heteroatoms. The van der Waals surface area contributed by atoms with Crippen molar-refractivity contribution in [1.29, 1.82) is 0 Å². The summed E-state index contributed by atoms with van der Waals surface area (Å²) in [6.45, 7) is 0.880. The molecule has 0 unspecified atom stereocenters. The third-order valence-corrected chi connectivity index (χ3v) is 5.03. The van der Waals surface area contributed by atoms with E-state index in [9.17, 15) is 9.59 Å². The van der Waals surface area contributed by atoms with Crippen LogP contribution in [0.1, 0.15) is 15.2 Å². The van der Waals surface area contributed by atoms with Crippen LogP contribution in [0.5, 0.6) is 0 Å². The Labute approximate surface area is 172 Å². The van der Waals surface area contributed by atoms with E-state index in [2.05, 4.69) is 10.6 Å². The fourth-order valence-electron chi connectivity index (χ4n) is 2.69. The van der Waals surface area contributed by atoms with E-state index in [0.717, 1.165) is 5.56 Å². The second kappa shape index (κ2) is 9.50. The largest absolute Gasteiger partial charge is 0.325 e. The average Bonchev–Trinajstić information content (AvgIpc) is 3.18. The fourth-order valence-corrected chi connectivity index (χ4v) is 3.52. The summed E-state index contributed by atoms with van der Waals surface area (Å²) >= 11 is 7.38. The Morgan fingerprint density at radius 3 is 2.36 bits per heavy atom. The van der Waals surface area contributed by atoms with Gasteiger partial charge in [0.1, 0.15) is 0 Å². The van der Waals surface area contributed by atoms with Crippen molar-refractivity contribution in [2.24, 2.45) is 0 Å².